The highest BCUT2D eigenvalue weighted by atomic mass is 35.5. The van der Waals surface area contributed by atoms with E-state index in [1.807, 2.05) is 0 Å². The summed E-state index contributed by atoms with van der Waals surface area (Å²) in [6.07, 6.45) is 0.812. The van der Waals surface area contributed by atoms with Crippen molar-refractivity contribution in [2.75, 3.05) is 5.75 Å². The highest BCUT2D eigenvalue weighted by Crippen LogP contribution is 2.54. The normalized spacial score (nSPS) is 21.2. The Morgan fingerprint density at radius 1 is 1.50 bits per heavy atom. The molecule has 0 aromatic carbocycles. The summed E-state index contributed by atoms with van der Waals surface area (Å²) in [4.78, 5) is 0. The van der Waals surface area contributed by atoms with Crippen LogP contribution >= 0.6 is 35.0 Å². The van der Waals surface area contributed by atoms with Crippen LogP contribution in [-0.4, -0.2) is 25.4 Å². The van der Waals surface area contributed by atoms with Crippen LogP contribution in [0.1, 0.15) is 12.2 Å². The number of halogens is 2. The Hall–Kier alpha value is -0.720. The lowest BCUT2D eigenvalue weighted by molar-refractivity contribution is 0.394. The van der Waals surface area contributed by atoms with Gasteiger partial charge in [0.05, 0.1) is 0 Å². The van der Waals surface area contributed by atoms with Gasteiger partial charge in [0.15, 0.2) is 5.69 Å². The lowest BCUT2D eigenvalue weighted by Gasteiger charge is -1.95. The van der Waals surface area contributed by atoms with Crippen LogP contribution < -0.4 is 0 Å². The monoisotopic (exact) mass is 305 g/mol. The molecule has 0 spiro atoms. The highest BCUT2D eigenvalue weighted by Gasteiger charge is 2.51. The maximum absolute atomic E-state index is 5.94. The van der Waals surface area contributed by atoms with Gasteiger partial charge in [-0.1, -0.05) is 16.9 Å². The summed E-state index contributed by atoms with van der Waals surface area (Å²) in [7, 11) is 0. The first-order valence-corrected chi connectivity index (χ1v) is 7.06. The topological polar surface area (TPSA) is 65.0 Å². The largest absolute Gasteiger partial charge is 0.409 e. The van der Waals surface area contributed by atoms with E-state index in [1.54, 1.807) is 13.0 Å². The zero-order valence-electron chi connectivity index (χ0n) is 9.39. The smallest absolute Gasteiger partial charge is 0.276 e. The molecular weight excluding hydrogens is 297 g/mol. The van der Waals surface area contributed by atoms with Crippen LogP contribution in [0.3, 0.4) is 0 Å². The van der Waals surface area contributed by atoms with Crippen molar-refractivity contribution in [3.05, 3.63) is 11.8 Å². The number of nitrogens with zero attached hydrogens (tertiary/aromatic N) is 3. The third kappa shape index (κ3) is 2.50. The molecular formula is C10H9Cl2N3O2S. The van der Waals surface area contributed by atoms with Crippen LogP contribution in [-0.2, 0) is 0 Å². The van der Waals surface area contributed by atoms with Gasteiger partial charge in [-0.05, 0) is 13.3 Å². The Morgan fingerprint density at radius 2 is 2.28 bits per heavy atom. The van der Waals surface area contributed by atoms with E-state index in [2.05, 4.69) is 15.4 Å². The molecule has 0 bridgehead atoms. The van der Waals surface area contributed by atoms with E-state index < -0.39 is 4.33 Å². The molecule has 18 heavy (non-hydrogen) atoms. The van der Waals surface area contributed by atoms with Crippen molar-refractivity contribution in [1.82, 2.24) is 15.4 Å². The van der Waals surface area contributed by atoms with Crippen LogP contribution in [0.25, 0.3) is 11.6 Å². The Labute approximate surface area is 117 Å². The SMILES string of the molecule is Cc1cc(-c2nnc(SC[C@@H]3CC3(Cl)Cl)o2)no1. The van der Waals surface area contributed by atoms with Gasteiger partial charge in [-0.25, -0.2) is 0 Å². The van der Waals surface area contributed by atoms with E-state index in [1.165, 1.54) is 11.8 Å². The van der Waals surface area contributed by atoms with Gasteiger partial charge in [0, 0.05) is 17.7 Å². The van der Waals surface area contributed by atoms with E-state index in [-0.39, 0.29) is 5.92 Å². The zero-order chi connectivity index (χ0) is 12.8. The molecule has 0 saturated heterocycles. The predicted octanol–water partition coefficient (Wildman–Crippen LogP) is 3.32. The van der Waals surface area contributed by atoms with Crippen molar-refractivity contribution >= 4 is 35.0 Å². The molecule has 0 amide bonds. The van der Waals surface area contributed by atoms with Crippen LogP contribution in [0.2, 0.25) is 0 Å². The fraction of sp³-hybridized carbons (Fsp3) is 0.500. The minimum absolute atomic E-state index is 0.287. The fourth-order valence-corrected chi connectivity index (χ4v) is 3.15. The Morgan fingerprint density at radius 3 is 2.89 bits per heavy atom. The van der Waals surface area contributed by atoms with Gasteiger partial charge in [-0.15, -0.1) is 33.4 Å². The van der Waals surface area contributed by atoms with Crippen molar-refractivity contribution in [2.45, 2.75) is 22.9 Å². The number of aryl methyl sites for hydroxylation is 1. The first-order chi connectivity index (χ1) is 8.54. The highest BCUT2D eigenvalue weighted by molar-refractivity contribution is 7.99. The molecule has 0 aliphatic heterocycles. The third-order valence-corrected chi connectivity index (χ3v) is 4.52. The second-order valence-electron chi connectivity index (χ2n) is 4.17. The summed E-state index contributed by atoms with van der Waals surface area (Å²) < 4.78 is 9.84. The van der Waals surface area contributed by atoms with Gasteiger partial charge in [0.25, 0.3) is 11.1 Å². The summed E-state index contributed by atoms with van der Waals surface area (Å²) in [6.45, 7) is 1.80. The van der Waals surface area contributed by atoms with Crippen molar-refractivity contribution in [2.24, 2.45) is 5.92 Å². The Bertz CT molecular complexity index is 569. The lowest BCUT2D eigenvalue weighted by atomic mass is 10.4. The fourth-order valence-electron chi connectivity index (χ4n) is 1.46. The molecule has 2 aromatic heterocycles. The number of thioether (sulfide) groups is 1. The predicted molar refractivity (Wildman–Crippen MR) is 67.8 cm³/mol. The molecule has 3 rings (SSSR count). The summed E-state index contributed by atoms with van der Waals surface area (Å²) in [5, 5.41) is 12.1. The first kappa shape index (κ1) is 12.3. The van der Waals surface area contributed by atoms with Gasteiger partial charge in [0.2, 0.25) is 0 Å². The minimum Gasteiger partial charge on any atom is -0.409 e. The number of hydrogen-bond donors (Lipinski definition) is 0. The maximum atomic E-state index is 5.94. The van der Waals surface area contributed by atoms with E-state index in [4.69, 9.17) is 32.1 Å². The quantitative estimate of drug-likeness (QED) is 0.638. The second-order valence-corrected chi connectivity index (χ2v) is 6.68. The average Bonchev–Trinajstić information content (AvgIpc) is 2.77. The molecule has 2 aromatic rings. The second kappa shape index (κ2) is 4.43. The summed E-state index contributed by atoms with van der Waals surface area (Å²) in [6, 6.07) is 1.74. The average molecular weight is 306 g/mol. The van der Waals surface area contributed by atoms with Crippen molar-refractivity contribution in [3.8, 4) is 11.6 Å². The molecule has 0 radical (unpaired) electrons. The summed E-state index contributed by atoms with van der Waals surface area (Å²) in [5.41, 5.74) is 0.544. The van der Waals surface area contributed by atoms with Crippen LogP contribution in [0.5, 0.6) is 0 Å². The van der Waals surface area contributed by atoms with E-state index in [0.717, 1.165) is 12.2 Å². The minimum atomic E-state index is -0.570. The maximum Gasteiger partial charge on any atom is 0.276 e. The Balaban J connectivity index is 1.63. The molecule has 2 heterocycles. The number of hydrogen-bond acceptors (Lipinski definition) is 6. The molecule has 0 unspecified atom stereocenters. The number of alkyl halides is 2. The standard InChI is InChI=1S/C10H9Cl2N3O2S/c1-5-2-7(15-17-5)8-13-14-9(16-8)18-4-6-3-10(6,11)12/h2,6H,3-4H2,1H3/t6-/m0/s1. The molecule has 96 valence electrons. The molecule has 1 aliphatic rings. The van der Waals surface area contributed by atoms with E-state index in [9.17, 15) is 0 Å². The van der Waals surface area contributed by atoms with Gasteiger partial charge >= 0.3 is 0 Å². The zero-order valence-corrected chi connectivity index (χ0v) is 11.7. The third-order valence-electron chi connectivity index (χ3n) is 2.62. The number of rotatable bonds is 4. The lowest BCUT2D eigenvalue weighted by Crippen LogP contribution is -1.92. The Kier molecular flexibility index (Phi) is 3.03. The molecule has 5 nitrogen and oxygen atoms in total. The van der Waals surface area contributed by atoms with Gasteiger partial charge in [0.1, 0.15) is 10.1 Å². The molecule has 1 saturated carbocycles. The van der Waals surface area contributed by atoms with Crippen molar-refractivity contribution in [3.63, 3.8) is 0 Å². The molecule has 1 aliphatic carbocycles. The summed E-state index contributed by atoms with van der Waals surface area (Å²) >= 11 is 13.3. The van der Waals surface area contributed by atoms with Crippen LogP contribution in [0, 0.1) is 12.8 Å². The van der Waals surface area contributed by atoms with Gasteiger partial charge in [-0.2, -0.15) is 0 Å². The van der Waals surface area contributed by atoms with Crippen molar-refractivity contribution < 1.29 is 8.94 Å². The molecule has 1 fully saturated rings. The molecule has 8 heteroatoms. The van der Waals surface area contributed by atoms with Crippen LogP contribution in [0.15, 0.2) is 20.2 Å². The summed E-state index contributed by atoms with van der Waals surface area (Å²) in [5.74, 6) is 2.11. The molecule has 0 N–H and O–H groups in total. The van der Waals surface area contributed by atoms with E-state index >= 15 is 0 Å². The van der Waals surface area contributed by atoms with Gasteiger partial charge < -0.3 is 8.94 Å². The molecule has 1 atom stereocenters. The van der Waals surface area contributed by atoms with Crippen molar-refractivity contribution in [1.29, 1.82) is 0 Å². The van der Waals surface area contributed by atoms with E-state index in [0.29, 0.717) is 22.6 Å². The van der Waals surface area contributed by atoms with Crippen LogP contribution in [0.4, 0.5) is 0 Å². The number of aromatic nitrogens is 3. The first-order valence-electron chi connectivity index (χ1n) is 5.32. The van der Waals surface area contributed by atoms with Gasteiger partial charge in [-0.3, -0.25) is 0 Å².